The minimum Gasteiger partial charge on any atom is -0.462 e. The molecule has 0 aliphatic heterocycles. The highest BCUT2D eigenvalue weighted by Gasteiger charge is 2.24. The third-order valence-corrected chi connectivity index (χ3v) is 5.18. The van der Waals surface area contributed by atoms with Gasteiger partial charge in [0.05, 0.1) is 17.6 Å². The normalized spacial score (nSPS) is 16.1. The van der Waals surface area contributed by atoms with Crippen molar-refractivity contribution in [1.82, 2.24) is 9.55 Å². The van der Waals surface area contributed by atoms with Crippen LogP contribution in [0.25, 0.3) is 16.7 Å². The Hall–Kier alpha value is -2.95. The molecule has 27 heavy (non-hydrogen) atoms. The van der Waals surface area contributed by atoms with E-state index < -0.39 is 0 Å². The predicted octanol–water partition coefficient (Wildman–Crippen LogP) is 3.69. The fraction of sp³-hybridized carbons (Fsp3) is 0.318. The molecular weight excluding hydrogens is 340 g/mol. The summed E-state index contributed by atoms with van der Waals surface area (Å²) in [6.45, 7) is 4.30. The van der Waals surface area contributed by atoms with E-state index in [0.717, 1.165) is 36.2 Å². The number of benzene rings is 1. The molecule has 2 heterocycles. The summed E-state index contributed by atoms with van der Waals surface area (Å²) in [5.74, 6) is 0.138. The molecule has 0 amide bonds. The lowest BCUT2D eigenvalue weighted by Gasteiger charge is -2.26. The Morgan fingerprint density at radius 2 is 2.15 bits per heavy atom. The van der Waals surface area contributed by atoms with E-state index in [1.807, 2.05) is 28.8 Å². The number of esters is 1. The highest BCUT2D eigenvalue weighted by molar-refractivity contribution is 5.90. The molecule has 1 aliphatic rings. The van der Waals surface area contributed by atoms with Crippen LogP contribution in [0.15, 0.2) is 47.4 Å². The second-order valence-electron chi connectivity index (χ2n) is 7.08. The Labute approximate surface area is 157 Å². The molecule has 5 heteroatoms. The first-order valence-corrected chi connectivity index (χ1v) is 9.39. The lowest BCUT2D eigenvalue weighted by molar-refractivity contribution is 0.0526. The summed E-state index contributed by atoms with van der Waals surface area (Å²) in [6.07, 6.45) is 4.33. The van der Waals surface area contributed by atoms with Gasteiger partial charge in [0.15, 0.2) is 5.43 Å². The Morgan fingerprint density at radius 1 is 1.30 bits per heavy atom. The Bertz CT molecular complexity index is 1080. The molecule has 1 aliphatic carbocycles. The Balaban J connectivity index is 2.00. The van der Waals surface area contributed by atoms with E-state index >= 15 is 0 Å². The van der Waals surface area contributed by atoms with E-state index in [2.05, 4.69) is 11.9 Å². The van der Waals surface area contributed by atoms with E-state index in [-0.39, 0.29) is 11.4 Å². The third kappa shape index (κ3) is 3.03. The van der Waals surface area contributed by atoms with Crippen molar-refractivity contribution in [2.45, 2.75) is 33.1 Å². The second kappa shape index (κ2) is 6.99. The minimum absolute atomic E-state index is 0.0810. The van der Waals surface area contributed by atoms with Gasteiger partial charge in [0.25, 0.3) is 0 Å². The van der Waals surface area contributed by atoms with Crippen molar-refractivity contribution in [3.05, 3.63) is 69.6 Å². The molecule has 2 aromatic heterocycles. The zero-order chi connectivity index (χ0) is 19.0. The first-order valence-electron chi connectivity index (χ1n) is 9.39. The maximum Gasteiger partial charge on any atom is 0.338 e. The van der Waals surface area contributed by atoms with Crippen molar-refractivity contribution in [3.8, 4) is 5.69 Å². The molecule has 0 fully saturated rings. The molecule has 0 radical (unpaired) electrons. The van der Waals surface area contributed by atoms with Crippen LogP contribution in [0.5, 0.6) is 0 Å². The van der Waals surface area contributed by atoms with Crippen LogP contribution < -0.4 is 5.43 Å². The van der Waals surface area contributed by atoms with Crippen molar-refractivity contribution >= 4 is 17.0 Å². The molecule has 4 rings (SSSR count). The predicted molar refractivity (Wildman–Crippen MR) is 104 cm³/mol. The molecule has 0 saturated heterocycles. The van der Waals surface area contributed by atoms with Gasteiger partial charge in [-0.2, -0.15) is 0 Å². The van der Waals surface area contributed by atoms with Gasteiger partial charge < -0.3 is 4.74 Å². The molecule has 1 unspecified atom stereocenters. The van der Waals surface area contributed by atoms with Crippen LogP contribution >= 0.6 is 0 Å². The summed E-state index contributed by atoms with van der Waals surface area (Å²) < 4.78 is 7.18. The van der Waals surface area contributed by atoms with Crippen LogP contribution in [-0.4, -0.2) is 22.1 Å². The van der Waals surface area contributed by atoms with Crippen molar-refractivity contribution in [2.24, 2.45) is 5.92 Å². The van der Waals surface area contributed by atoms with Crippen LogP contribution in [0.1, 0.15) is 41.9 Å². The number of carbonyl (C=O) groups excluding carboxylic acids is 1. The number of aromatic nitrogens is 2. The minimum atomic E-state index is -0.347. The standard InChI is InChI=1S/C22H22N2O3/c1-3-27-22(26)15-6-4-7-16(13-15)24-19-10-9-14(2)12-18(19)20(25)17-8-5-11-23-21(17)24/h4-8,11,13-14H,3,9-10,12H2,1-2H3. The number of nitrogens with zero attached hydrogens (tertiary/aromatic N) is 2. The molecule has 3 aromatic rings. The lowest BCUT2D eigenvalue weighted by atomic mass is 9.86. The van der Waals surface area contributed by atoms with Gasteiger partial charge in [-0.1, -0.05) is 13.0 Å². The van der Waals surface area contributed by atoms with Gasteiger partial charge in [0.1, 0.15) is 5.65 Å². The number of hydrogen-bond donors (Lipinski definition) is 0. The molecule has 138 valence electrons. The Kier molecular flexibility index (Phi) is 4.52. The topological polar surface area (TPSA) is 61.2 Å². The summed E-state index contributed by atoms with van der Waals surface area (Å²) in [4.78, 5) is 29.7. The number of rotatable bonds is 3. The number of pyridine rings is 2. The zero-order valence-electron chi connectivity index (χ0n) is 15.6. The van der Waals surface area contributed by atoms with Crippen LogP contribution in [0.2, 0.25) is 0 Å². The molecule has 5 nitrogen and oxygen atoms in total. The van der Waals surface area contributed by atoms with Crippen LogP contribution in [0, 0.1) is 5.92 Å². The van der Waals surface area contributed by atoms with E-state index in [9.17, 15) is 9.59 Å². The van der Waals surface area contributed by atoms with E-state index in [0.29, 0.717) is 29.1 Å². The largest absolute Gasteiger partial charge is 0.462 e. The second-order valence-corrected chi connectivity index (χ2v) is 7.08. The summed E-state index contributed by atoms with van der Waals surface area (Å²) in [5, 5.41) is 0.617. The Morgan fingerprint density at radius 3 is 2.96 bits per heavy atom. The van der Waals surface area contributed by atoms with E-state index in [1.165, 1.54) is 0 Å². The highest BCUT2D eigenvalue weighted by atomic mass is 16.5. The summed E-state index contributed by atoms with van der Waals surface area (Å²) in [6, 6.07) is 11.0. The van der Waals surface area contributed by atoms with Crippen molar-refractivity contribution in [3.63, 3.8) is 0 Å². The lowest BCUT2D eigenvalue weighted by Crippen LogP contribution is -2.26. The van der Waals surface area contributed by atoms with Gasteiger partial charge in [0, 0.05) is 23.1 Å². The van der Waals surface area contributed by atoms with Crippen molar-refractivity contribution < 1.29 is 9.53 Å². The number of hydrogen-bond acceptors (Lipinski definition) is 4. The zero-order valence-corrected chi connectivity index (χ0v) is 15.6. The smallest absolute Gasteiger partial charge is 0.338 e. The quantitative estimate of drug-likeness (QED) is 0.667. The summed E-state index contributed by atoms with van der Waals surface area (Å²) in [7, 11) is 0. The van der Waals surface area contributed by atoms with Crippen LogP contribution in [0.4, 0.5) is 0 Å². The average Bonchev–Trinajstić information content (AvgIpc) is 2.69. The maximum absolute atomic E-state index is 13.0. The molecule has 1 aromatic carbocycles. The van der Waals surface area contributed by atoms with Gasteiger partial charge >= 0.3 is 5.97 Å². The first kappa shape index (κ1) is 17.5. The monoisotopic (exact) mass is 362 g/mol. The third-order valence-electron chi connectivity index (χ3n) is 5.18. The molecule has 0 saturated carbocycles. The van der Waals surface area contributed by atoms with Gasteiger partial charge in [-0.15, -0.1) is 0 Å². The molecule has 0 spiro atoms. The molecule has 0 N–H and O–H groups in total. The summed E-state index contributed by atoms with van der Waals surface area (Å²) >= 11 is 0. The highest BCUT2D eigenvalue weighted by Crippen LogP contribution is 2.28. The van der Waals surface area contributed by atoms with E-state index in [1.54, 1.807) is 25.3 Å². The molecule has 1 atom stereocenters. The first-order chi connectivity index (χ1) is 13.1. The van der Waals surface area contributed by atoms with Gasteiger partial charge in [-0.05, 0) is 62.4 Å². The van der Waals surface area contributed by atoms with Crippen molar-refractivity contribution in [2.75, 3.05) is 6.61 Å². The van der Waals surface area contributed by atoms with Crippen LogP contribution in [0.3, 0.4) is 0 Å². The maximum atomic E-state index is 13.0. The van der Waals surface area contributed by atoms with Crippen molar-refractivity contribution in [1.29, 1.82) is 0 Å². The number of ether oxygens (including phenoxy) is 1. The van der Waals surface area contributed by atoms with Gasteiger partial charge in [0.2, 0.25) is 0 Å². The van der Waals surface area contributed by atoms with Crippen LogP contribution in [-0.2, 0) is 17.6 Å². The molecule has 0 bridgehead atoms. The van der Waals surface area contributed by atoms with Gasteiger partial charge in [-0.3, -0.25) is 9.36 Å². The van der Waals surface area contributed by atoms with Gasteiger partial charge in [-0.25, -0.2) is 9.78 Å². The fourth-order valence-corrected chi connectivity index (χ4v) is 3.88. The molecular formula is C22H22N2O3. The number of carbonyl (C=O) groups is 1. The number of fused-ring (bicyclic) bond motifs is 2. The fourth-order valence-electron chi connectivity index (χ4n) is 3.88. The SMILES string of the molecule is CCOC(=O)c1cccc(-n2c3c(c(=O)c4cccnc42)CC(C)CC3)c1. The average molecular weight is 362 g/mol. The summed E-state index contributed by atoms with van der Waals surface area (Å²) in [5.41, 5.74) is 3.92. The van der Waals surface area contributed by atoms with E-state index in [4.69, 9.17) is 4.74 Å².